The number of anilines is 1. The lowest BCUT2D eigenvalue weighted by Gasteiger charge is -2.27. The molecule has 1 amide bonds. The second kappa shape index (κ2) is 6.15. The molecule has 0 aliphatic carbocycles. The standard InChI is InChI=1S/C15H18N4O3/c1-10-8-11(17-14-13(20)9-16-18-14)2-3-12(10)15(21)19-4-6-22-7-5-19/h2-3,8,16H,4-7,9H2,1H3,(H,17,18). The summed E-state index contributed by atoms with van der Waals surface area (Å²) >= 11 is 0. The van der Waals surface area contributed by atoms with Crippen LogP contribution in [0.25, 0.3) is 0 Å². The molecule has 1 aromatic rings. The third-order valence-corrected chi connectivity index (χ3v) is 3.71. The van der Waals surface area contributed by atoms with Gasteiger partial charge in [-0.3, -0.25) is 15.0 Å². The second-order valence-electron chi connectivity index (χ2n) is 5.28. The topological polar surface area (TPSA) is 83.0 Å². The molecule has 2 N–H and O–H groups in total. The Kier molecular flexibility index (Phi) is 4.06. The number of nitrogens with zero attached hydrogens (tertiary/aromatic N) is 2. The fraction of sp³-hybridized carbons (Fsp3) is 0.400. The van der Waals surface area contributed by atoms with E-state index in [0.29, 0.717) is 37.7 Å². The number of benzene rings is 1. The summed E-state index contributed by atoms with van der Waals surface area (Å²) in [4.78, 5) is 25.8. The van der Waals surface area contributed by atoms with Crippen molar-refractivity contribution in [2.75, 3.05) is 38.2 Å². The van der Waals surface area contributed by atoms with E-state index in [9.17, 15) is 9.59 Å². The van der Waals surface area contributed by atoms with Crippen molar-refractivity contribution < 1.29 is 14.3 Å². The van der Waals surface area contributed by atoms with Crippen LogP contribution in [-0.4, -0.2) is 55.3 Å². The van der Waals surface area contributed by atoms with E-state index in [-0.39, 0.29) is 18.2 Å². The summed E-state index contributed by atoms with van der Waals surface area (Å²) in [6, 6.07) is 5.42. The molecule has 2 aliphatic rings. The van der Waals surface area contributed by atoms with Gasteiger partial charge in [-0.2, -0.15) is 5.10 Å². The Morgan fingerprint density at radius 3 is 2.77 bits per heavy atom. The lowest BCUT2D eigenvalue weighted by Crippen LogP contribution is -2.40. The highest BCUT2D eigenvalue weighted by Crippen LogP contribution is 2.18. The molecule has 3 rings (SSSR count). The van der Waals surface area contributed by atoms with Crippen molar-refractivity contribution in [3.8, 4) is 0 Å². The molecule has 116 valence electrons. The van der Waals surface area contributed by atoms with Gasteiger partial charge in [0.05, 0.1) is 19.8 Å². The lowest BCUT2D eigenvalue weighted by molar-refractivity contribution is -0.111. The predicted molar refractivity (Wildman–Crippen MR) is 82.0 cm³/mol. The maximum absolute atomic E-state index is 12.5. The molecule has 0 bridgehead atoms. The van der Waals surface area contributed by atoms with E-state index >= 15 is 0 Å². The Balaban J connectivity index is 1.74. The number of morpholine rings is 1. The Hall–Kier alpha value is -2.41. The summed E-state index contributed by atoms with van der Waals surface area (Å²) in [5.74, 6) is 0.237. The summed E-state index contributed by atoms with van der Waals surface area (Å²) in [6.45, 7) is 4.51. The number of aryl methyl sites for hydroxylation is 1. The number of ether oxygens (including phenoxy) is 1. The second-order valence-corrected chi connectivity index (χ2v) is 5.28. The molecule has 1 fully saturated rings. The zero-order valence-electron chi connectivity index (χ0n) is 12.4. The van der Waals surface area contributed by atoms with Gasteiger partial charge in [0.15, 0.2) is 5.84 Å². The minimum atomic E-state index is -0.0777. The van der Waals surface area contributed by atoms with Gasteiger partial charge in [-0.15, -0.1) is 0 Å². The summed E-state index contributed by atoms with van der Waals surface area (Å²) < 4.78 is 5.26. The van der Waals surface area contributed by atoms with Gasteiger partial charge in [-0.25, -0.2) is 0 Å². The maximum Gasteiger partial charge on any atom is 0.254 e. The van der Waals surface area contributed by atoms with Crippen molar-refractivity contribution in [1.29, 1.82) is 0 Å². The van der Waals surface area contributed by atoms with Crippen molar-refractivity contribution in [3.63, 3.8) is 0 Å². The number of Topliss-reactive ketones (excluding diaryl/α,β-unsaturated/α-hetero) is 1. The summed E-state index contributed by atoms with van der Waals surface area (Å²) in [7, 11) is 0. The molecule has 2 aliphatic heterocycles. The van der Waals surface area contributed by atoms with Crippen LogP contribution in [0.3, 0.4) is 0 Å². The van der Waals surface area contributed by atoms with Crippen LogP contribution in [0.1, 0.15) is 15.9 Å². The van der Waals surface area contributed by atoms with Gasteiger partial charge < -0.3 is 15.0 Å². The number of carbonyl (C=O) groups excluding carboxylic acids is 2. The minimum Gasteiger partial charge on any atom is -0.378 e. The van der Waals surface area contributed by atoms with E-state index in [1.807, 2.05) is 13.0 Å². The zero-order valence-corrected chi connectivity index (χ0v) is 12.4. The Morgan fingerprint density at radius 2 is 2.14 bits per heavy atom. The molecule has 1 saturated heterocycles. The van der Waals surface area contributed by atoms with E-state index in [4.69, 9.17) is 4.74 Å². The first kappa shape index (κ1) is 14.5. The predicted octanol–water partition coefficient (Wildman–Crippen LogP) is 0.365. The zero-order chi connectivity index (χ0) is 15.5. The van der Waals surface area contributed by atoms with Gasteiger partial charge in [0, 0.05) is 24.3 Å². The first-order valence-corrected chi connectivity index (χ1v) is 7.23. The van der Waals surface area contributed by atoms with Crippen molar-refractivity contribution >= 4 is 23.2 Å². The van der Waals surface area contributed by atoms with Crippen LogP contribution < -0.4 is 10.7 Å². The first-order valence-electron chi connectivity index (χ1n) is 7.23. The highest BCUT2D eigenvalue weighted by Gasteiger charge is 2.21. The Bertz CT molecular complexity index is 636. The van der Waals surface area contributed by atoms with Gasteiger partial charge in [0.2, 0.25) is 5.78 Å². The largest absolute Gasteiger partial charge is 0.378 e. The monoisotopic (exact) mass is 302 g/mol. The number of nitrogens with one attached hydrogen (secondary N) is 2. The quantitative estimate of drug-likeness (QED) is 0.824. The number of rotatable bonds is 2. The van der Waals surface area contributed by atoms with Crippen LogP contribution in [0.15, 0.2) is 23.3 Å². The van der Waals surface area contributed by atoms with Crippen molar-refractivity contribution in [1.82, 2.24) is 10.3 Å². The highest BCUT2D eigenvalue weighted by atomic mass is 16.5. The molecule has 0 spiro atoms. The first-order chi connectivity index (χ1) is 10.6. The Labute approximate surface area is 128 Å². The van der Waals surface area contributed by atoms with Crippen LogP contribution in [0.2, 0.25) is 0 Å². The van der Waals surface area contributed by atoms with Gasteiger partial charge in [-0.05, 0) is 30.7 Å². The number of ketones is 1. The van der Waals surface area contributed by atoms with Crippen LogP contribution >= 0.6 is 0 Å². The molecule has 7 nitrogen and oxygen atoms in total. The minimum absolute atomic E-state index is 0.0169. The molecule has 1 aromatic carbocycles. The van der Waals surface area contributed by atoms with Gasteiger partial charge >= 0.3 is 0 Å². The summed E-state index contributed by atoms with van der Waals surface area (Å²) in [6.07, 6.45) is 0. The fourth-order valence-corrected chi connectivity index (χ4v) is 2.49. The molecule has 2 heterocycles. The number of amidine groups is 1. The van der Waals surface area contributed by atoms with E-state index in [1.54, 1.807) is 17.0 Å². The van der Waals surface area contributed by atoms with E-state index in [0.717, 1.165) is 11.3 Å². The summed E-state index contributed by atoms with van der Waals surface area (Å²) in [5.41, 5.74) is 4.91. The number of carbonyl (C=O) groups is 2. The molecular formula is C15H18N4O3. The van der Waals surface area contributed by atoms with Crippen LogP contribution in [-0.2, 0) is 9.53 Å². The molecule has 0 aromatic heterocycles. The molecule has 0 radical (unpaired) electrons. The average Bonchev–Trinajstić information content (AvgIpc) is 2.93. The normalized spacial score (nSPS) is 18.0. The third-order valence-electron chi connectivity index (χ3n) is 3.71. The van der Waals surface area contributed by atoms with Crippen molar-refractivity contribution in [2.24, 2.45) is 5.10 Å². The lowest BCUT2D eigenvalue weighted by atomic mass is 10.1. The third kappa shape index (κ3) is 2.94. The van der Waals surface area contributed by atoms with Gasteiger partial charge in [0.25, 0.3) is 5.91 Å². The van der Waals surface area contributed by atoms with E-state index < -0.39 is 0 Å². The van der Waals surface area contributed by atoms with E-state index in [1.165, 1.54) is 0 Å². The average molecular weight is 302 g/mol. The van der Waals surface area contributed by atoms with Crippen molar-refractivity contribution in [2.45, 2.75) is 6.92 Å². The highest BCUT2D eigenvalue weighted by molar-refractivity contribution is 6.45. The molecule has 0 unspecified atom stereocenters. The SMILES string of the molecule is Cc1cc(NC2=NNCC2=O)ccc1C(=O)N1CCOCC1. The molecule has 7 heteroatoms. The number of hydrazone groups is 1. The fourth-order valence-electron chi connectivity index (χ4n) is 2.49. The maximum atomic E-state index is 12.5. The molecule has 0 atom stereocenters. The van der Waals surface area contributed by atoms with Crippen LogP contribution in [0.5, 0.6) is 0 Å². The van der Waals surface area contributed by atoms with Crippen molar-refractivity contribution in [3.05, 3.63) is 29.3 Å². The Morgan fingerprint density at radius 1 is 1.36 bits per heavy atom. The van der Waals surface area contributed by atoms with Crippen LogP contribution in [0.4, 0.5) is 5.69 Å². The number of hydrogen-bond acceptors (Lipinski definition) is 6. The van der Waals surface area contributed by atoms with E-state index in [2.05, 4.69) is 15.8 Å². The van der Waals surface area contributed by atoms with Gasteiger partial charge in [-0.1, -0.05) is 0 Å². The van der Waals surface area contributed by atoms with Crippen LogP contribution in [0, 0.1) is 6.92 Å². The molecule has 0 saturated carbocycles. The molecular weight excluding hydrogens is 284 g/mol. The summed E-state index contributed by atoms with van der Waals surface area (Å²) in [5, 5.41) is 6.86. The smallest absolute Gasteiger partial charge is 0.254 e. The number of amides is 1. The number of hydrogen-bond donors (Lipinski definition) is 2. The molecule has 22 heavy (non-hydrogen) atoms. The van der Waals surface area contributed by atoms with Gasteiger partial charge in [0.1, 0.15) is 0 Å².